The molecule has 0 aliphatic heterocycles. The lowest BCUT2D eigenvalue weighted by Crippen LogP contribution is -2.00. The van der Waals surface area contributed by atoms with Gasteiger partial charge in [0.1, 0.15) is 17.4 Å². The molecular weight excluding hydrogens is 350 g/mol. The summed E-state index contributed by atoms with van der Waals surface area (Å²) in [6, 6.07) is 17.0. The number of benzene rings is 2. The van der Waals surface area contributed by atoms with Gasteiger partial charge in [-0.3, -0.25) is 4.79 Å². The molecule has 26 heavy (non-hydrogen) atoms. The van der Waals surface area contributed by atoms with Crippen molar-refractivity contribution in [3.63, 3.8) is 0 Å². The number of hydrogen-bond acceptors (Lipinski definition) is 5. The van der Waals surface area contributed by atoms with Gasteiger partial charge in [-0.15, -0.1) is 12.4 Å². The summed E-state index contributed by atoms with van der Waals surface area (Å²) in [4.78, 5) is 20.5. The number of halogens is 1. The maximum Gasteiger partial charge on any atom is 0.159 e. The van der Waals surface area contributed by atoms with E-state index in [1.165, 1.54) is 0 Å². The Kier molecular flexibility index (Phi) is 6.31. The molecule has 0 saturated carbocycles. The van der Waals surface area contributed by atoms with Crippen molar-refractivity contribution in [2.24, 2.45) is 0 Å². The Morgan fingerprint density at radius 3 is 2.42 bits per heavy atom. The van der Waals surface area contributed by atoms with Crippen LogP contribution in [-0.2, 0) is 0 Å². The number of Topliss-reactive ketones (excluding diaryl/α,β-unsaturated/α-hetero) is 1. The predicted octanol–water partition coefficient (Wildman–Crippen LogP) is 4.83. The molecule has 0 saturated heterocycles. The van der Waals surface area contributed by atoms with Crippen LogP contribution in [0.4, 0.5) is 11.5 Å². The number of methoxy groups -OCH3 is 1. The number of aryl methyl sites for hydroxylation is 1. The molecule has 0 radical (unpaired) electrons. The van der Waals surface area contributed by atoms with E-state index in [4.69, 9.17) is 4.74 Å². The minimum Gasteiger partial charge on any atom is -0.497 e. The zero-order valence-electron chi connectivity index (χ0n) is 14.8. The standard InChI is InChI=1S/C20H19N3O2.ClH/c1-13(24)16-5-4-6-17(11-16)23-20-12-19(21-14(2)22-20)15-7-9-18(25-3)10-8-15;/h4-12H,1-3H3,(H,21,22,23);1H. The Hall–Kier alpha value is -2.92. The minimum atomic E-state index is 0. The van der Waals surface area contributed by atoms with Gasteiger partial charge in [-0.1, -0.05) is 12.1 Å². The highest BCUT2D eigenvalue weighted by molar-refractivity contribution is 5.95. The van der Waals surface area contributed by atoms with Gasteiger partial charge in [0, 0.05) is 22.9 Å². The molecule has 0 aliphatic rings. The Morgan fingerprint density at radius 1 is 1.04 bits per heavy atom. The normalized spacial score (nSPS) is 9.96. The second kappa shape index (κ2) is 8.45. The van der Waals surface area contributed by atoms with Gasteiger partial charge in [-0.25, -0.2) is 9.97 Å². The summed E-state index contributed by atoms with van der Waals surface area (Å²) in [5.41, 5.74) is 3.27. The zero-order chi connectivity index (χ0) is 17.8. The summed E-state index contributed by atoms with van der Waals surface area (Å²) in [7, 11) is 1.64. The smallest absolute Gasteiger partial charge is 0.159 e. The third kappa shape index (κ3) is 4.58. The Bertz CT molecular complexity index is 911. The van der Waals surface area contributed by atoms with Crippen molar-refractivity contribution in [3.8, 4) is 17.0 Å². The van der Waals surface area contributed by atoms with Gasteiger partial charge >= 0.3 is 0 Å². The largest absolute Gasteiger partial charge is 0.497 e. The van der Waals surface area contributed by atoms with Crippen molar-refractivity contribution < 1.29 is 9.53 Å². The van der Waals surface area contributed by atoms with Crippen LogP contribution in [0, 0.1) is 6.92 Å². The second-order valence-electron chi connectivity index (χ2n) is 5.68. The van der Waals surface area contributed by atoms with Crippen LogP contribution >= 0.6 is 12.4 Å². The van der Waals surface area contributed by atoms with Gasteiger partial charge in [0.2, 0.25) is 0 Å². The van der Waals surface area contributed by atoms with Crippen LogP contribution < -0.4 is 10.1 Å². The number of anilines is 2. The molecule has 5 nitrogen and oxygen atoms in total. The number of nitrogens with one attached hydrogen (secondary N) is 1. The number of rotatable bonds is 5. The monoisotopic (exact) mass is 369 g/mol. The first-order valence-electron chi connectivity index (χ1n) is 7.93. The summed E-state index contributed by atoms with van der Waals surface area (Å²) in [5, 5.41) is 3.24. The molecule has 0 atom stereocenters. The molecule has 0 unspecified atom stereocenters. The van der Waals surface area contributed by atoms with Crippen LogP contribution in [0.2, 0.25) is 0 Å². The van der Waals surface area contributed by atoms with E-state index in [2.05, 4.69) is 15.3 Å². The van der Waals surface area contributed by atoms with E-state index in [0.717, 1.165) is 22.7 Å². The van der Waals surface area contributed by atoms with Crippen molar-refractivity contribution in [1.82, 2.24) is 9.97 Å². The van der Waals surface area contributed by atoms with E-state index >= 15 is 0 Å². The van der Waals surface area contributed by atoms with Gasteiger partial charge in [0.15, 0.2) is 5.78 Å². The number of aromatic nitrogens is 2. The minimum absolute atomic E-state index is 0. The van der Waals surface area contributed by atoms with Crippen molar-refractivity contribution in [3.05, 3.63) is 66.0 Å². The number of ether oxygens (including phenoxy) is 1. The van der Waals surface area contributed by atoms with E-state index in [1.54, 1.807) is 20.1 Å². The van der Waals surface area contributed by atoms with Gasteiger partial charge in [0.25, 0.3) is 0 Å². The molecular formula is C20H20ClN3O2. The molecule has 3 aromatic rings. The van der Waals surface area contributed by atoms with Gasteiger partial charge < -0.3 is 10.1 Å². The van der Waals surface area contributed by atoms with E-state index in [0.29, 0.717) is 17.2 Å². The lowest BCUT2D eigenvalue weighted by Gasteiger charge is -2.10. The van der Waals surface area contributed by atoms with Gasteiger partial charge in [0.05, 0.1) is 12.8 Å². The number of carbonyl (C=O) groups is 1. The fourth-order valence-electron chi connectivity index (χ4n) is 2.51. The van der Waals surface area contributed by atoms with Crippen LogP contribution in [0.5, 0.6) is 5.75 Å². The molecule has 0 amide bonds. The molecule has 1 aromatic heterocycles. The van der Waals surface area contributed by atoms with Crippen molar-refractivity contribution >= 4 is 29.7 Å². The fourth-order valence-corrected chi connectivity index (χ4v) is 2.51. The second-order valence-corrected chi connectivity index (χ2v) is 5.68. The van der Waals surface area contributed by atoms with Crippen LogP contribution in [-0.4, -0.2) is 22.9 Å². The molecule has 1 N–H and O–H groups in total. The first-order chi connectivity index (χ1) is 12.0. The summed E-state index contributed by atoms with van der Waals surface area (Å²) in [6.45, 7) is 3.40. The first-order valence-corrected chi connectivity index (χ1v) is 7.93. The Balaban J connectivity index is 0.00000243. The topological polar surface area (TPSA) is 64.1 Å². The molecule has 0 aliphatic carbocycles. The average Bonchev–Trinajstić information content (AvgIpc) is 2.61. The summed E-state index contributed by atoms with van der Waals surface area (Å²) in [6.07, 6.45) is 0. The third-order valence-corrected chi connectivity index (χ3v) is 3.77. The van der Waals surface area contributed by atoms with Gasteiger partial charge in [-0.2, -0.15) is 0 Å². The molecule has 0 bridgehead atoms. The van der Waals surface area contributed by atoms with Crippen molar-refractivity contribution in [1.29, 1.82) is 0 Å². The molecule has 134 valence electrons. The molecule has 0 fully saturated rings. The SMILES string of the molecule is COc1ccc(-c2cc(Nc3cccc(C(C)=O)c3)nc(C)n2)cc1.Cl. The molecule has 6 heteroatoms. The molecule has 2 aromatic carbocycles. The number of ketones is 1. The summed E-state index contributed by atoms with van der Waals surface area (Å²) >= 11 is 0. The van der Waals surface area contributed by atoms with E-state index in [1.807, 2.05) is 55.5 Å². The maximum absolute atomic E-state index is 11.5. The number of hydrogen-bond donors (Lipinski definition) is 1. The highest BCUT2D eigenvalue weighted by atomic mass is 35.5. The molecule has 0 spiro atoms. The summed E-state index contributed by atoms with van der Waals surface area (Å²) in [5.74, 6) is 2.17. The maximum atomic E-state index is 11.5. The van der Waals surface area contributed by atoms with Crippen LogP contribution in [0.1, 0.15) is 23.1 Å². The lowest BCUT2D eigenvalue weighted by atomic mass is 10.1. The zero-order valence-corrected chi connectivity index (χ0v) is 15.6. The van der Waals surface area contributed by atoms with Crippen molar-refractivity contribution in [2.75, 3.05) is 12.4 Å². The number of carbonyl (C=O) groups excluding carboxylic acids is 1. The Morgan fingerprint density at radius 2 is 1.77 bits per heavy atom. The quantitative estimate of drug-likeness (QED) is 0.652. The van der Waals surface area contributed by atoms with E-state index < -0.39 is 0 Å². The highest BCUT2D eigenvalue weighted by Crippen LogP contribution is 2.24. The van der Waals surface area contributed by atoms with Crippen LogP contribution in [0.3, 0.4) is 0 Å². The predicted molar refractivity (Wildman–Crippen MR) is 106 cm³/mol. The fraction of sp³-hybridized carbons (Fsp3) is 0.150. The summed E-state index contributed by atoms with van der Waals surface area (Å²) < 4.78 is 5.19. The molecule has 3 rings (SSSR count). The van der Waals surface area contributed by atoms with Crippen LogP contribution in [0.25, 0.3) is 11.3 Å². The first kappa shape index (κ1) is 19.4. The highest BCUT2D eigenvalue weighted by Gasteiger charge is 2.07. The molecule has 1 heterocycles. The van der Waals surface area contributed by atoms with Gasteiger partial charge in [-0.05, 0) is 50.2 Å². The van der Waals surface area contributed by atoms with E-state index in [9.17, 15) is 4.79 Å². The number of nitrogens with zero attached hydrogens (tertiary/aromatic N) is 2. The average molecular weight is 370 g/mol. The third-order valence-electron chi connectivity index (χ3n) is 3.77. The van der Waals surface area contributed by atoms with Crippen LogP contribution in [0.15, 0.2) is 54.6 Å². The Labute approximate surface area is 158 Å². The van der Waals surface area contributed by atoms with Crippen molar-refractivity contribution in [2.45, 2.75) is 13.8 Å². The lowest BCUT2D eigenvalue weighted by molar-refractivity contribution is 0.101. The van der Waals surface area contributed by atoms with E-state index in [-0.39, 0.29) is 18.2 Å².